The average molecular weight is 376 g/mol. The highest BCUT2D eigenvalue weighted by atomic mass is 16.5. The van der Waals surface area contributed by atoms with Gasteiger partial charge in [0, 0.05) is 18.0 Å². The molecular weight excluding hydrogens is 352 g/mol. The molecule has 4 rings (SSSR count). The van der Waals surface area contributed by atoms with Crippen LogP contribution in [-0.2, 0) is 16.0 Å². The van der Waals surface area contributed by atoms with Crippen LogP contribution in [-0.4, -0.2) is 35.4 Å². The number of H-pyrrole nitrogens is 1. The van der Waals surface area contributed by atoms with Crippen molar-refractivity contribution in [2.75, 3.05) is 13.7 Å². The Bertz CT molecular complexity index is 1040. The van der Waals surface area contributed by atoms with Gasteiger partial charge in [-0.3, -0.25) is 4.79 Å². The summed E-state index contributed by atoms with van der Waals surface area (Å²) in [5.41, 5.74) is 4.85. The van der Waals surface area contributed by atoms with E-state index in [1.165, 1.54) is 11.1 Å². The first-order valence-electron chi connectivity index (χ1n) is 9.63. The number of nitrogens with zero attached hydrogens (tertiary/aromatic N) is 1. The molecule has 0 spiro atoms. The fraction of sp³-hybridized carbons (Fsp3) is 0.304. The highest BCUT2D eigenvalue weighted by Gasteiger charge is 2.27. The number of likely N-dealkylation sites (N-methyl/N-ethyl adjacent to an activating group) is 1. The van der Waals surface area contributed by atoms with Crippen molar-refractivity contribution in [3.63, 3.8) is 0 Å². The maximum Gasteiger partial charge on any atom is 0.355 e. The molecule has 0 radical (unpaired) electrons. The van der Waals surface area contributed by atoms with Crippen LogP contribution in [0.2, 0.25) is 0 Å². The summed E-state index contributed by atoms with van der Waals surface area (Å²) in [4.78, 5) is 29.8. The predicted molar refractivity (Wildman–Crippen MR) is 108 cm³/mol. The number of aromatic amines is 1. The molecule has 1 atom stereocenters. The van der Waals surface area contributed by atoms with Crippen LogP contribution < -0.4 is 0 Å². The number of rotatable bonds is 4. The average Bonchev–Trinajstić information content (AvgIpc) is 3.14. The second kappa shape index (κ2) is 7.50. The van der Waals surface area contributed by atoms with Crippen LogP contribution in [0.5, 0.6) is 0 Å². The van der Waals surface area contributed by atoms with Gasteiger partial charge in [0.25, 0.3) is 5.91 Å². The van der Waals surface area contributed by atoms with Gasteiger partial charge in [-0.05, 0) is 55.0 Å². The Morgan fingerprint density at radius 3 is 2.86 bits per heavy atom. The van der Waals surface area contributed by atoms with Crippen molar-refractivity contribution >= 4 is 22.8 Å². The molecule has 1 aromatic heterocycles. The fourth-order valence-corrected chi connectivity index (χ4v) is 3.96. The van der Waals surface area contributed by atoms with Crippen molar-refractivity contribution in [3.8, 4) is 0 Å². The van der Waals surface area contributed by atoms with E-state index in [0.717, 1.165) is 35.7 Å². The van der Waals surface area contributed by atoms with E-state index in [4.69, 9.17) is 4.74 Å². The van der Waals surface area contributed by atoms with Crippen molar-refractivity contribution in [1.29, 1.82) is 0 Å². The number of aryl methyl sites for hydroxylation is 2. The van der Waals surface area contributed by atoms with E-state index >= 15 is 0 Å². The Morgan fingerprint density at radius 2 is 2.00 bits per heavy atom. The van der Waals surface area contributed by atoms with Crippen molar-refractivity contribution in [1.82, 2.24) is 9.88 Å². The number of carbonyl (C=O) groups is 2. The zero-order chi connectivity index (χ0) is 19.7. The lowest BCUT2D eigenvalue weighted by Gasteiger charge is -2.33. The third kappa shape index (κ3) is 3.52. The molecule has 0 aliphatic heterocycles. The summed E-state index contributed by atoms with van der Waals surface area (Å²) in [6.07, 6.45) is 3.02. The molecule has 0 saturated heterocycles. The minimum Gasteiger partial charge on any atom is -0.451 e. The molecule has 1 aliphatic rings. The number of carbonyl (C=O) groups excluding carboxylic acids is 2. The van der Waals surface area contributed by atoms with E-state index < -0.39 is 5.97 Å². The SMILES string of the molecule is Cc1ccc2cc(C(=O)OCC(=O)N(C)[C@H]3CCCc4ccccc43)[nH]c2c1. The van der Waals surface area contributed by atoms with Crippen LogP contribution in [0.15, 0.2) is 48.5 Å². The minimum atomic E-state index is -0.514. The maximum absolute atomic E-state index is 12.6. The molecule has 0 saturated carbocycles. The molecular formula is C23H24N2O3. The number of hydrogen-bond donors (Lipinski definition) is 1. The van der Waals surface area contributed by atoms with Gasteiger partial charge in [-0.15, -0.1) is 0 Å². The third-order valence-corrected chi connectivity index (χ3v) is 5.52. The van der Waals surface area contributed by atoms with Gasteiger partial charge < -0.3 is 14.6 Å². The van der Waals surface area contributed by atoms with E-state index in [0.29, 0.717) is 5.69 Å². The van der Waals surface area contributed by atoms with Crippen LogP contribution >= 0.6 is 0 Å². The first-order chi connectivity index (χ1) is 13.5. The Morgan fingerprint density at radius 1 is 1.18 bits per heavy atom. The highest BCUT2D eigenvalue weighted by molar-refractivity contribution is 5.95. The maximum atomic E-state index is 12.6. The summed E-state index contributed by atoms with van der Waals surface area (Å²) < 4.78 is 5.29. The molecule has 28 heavy (non-hydrogen) atoms. The van der Waals surface area contributed by atoms with E-state index in [9.17, 15) is 9.59 Å². The number of nitrogens with one attached hydrogen (secondary N) is 1. The van der Waals surface area contributed by atoms with Gasteiger partial charge >= 0.3 is 5.97 Å². The zero-order valence-electron chi connectivity index (χ0n) is 16.2. The first kappa shape index (κ1) is 18.3. The number of benzene rings is 2. The van der Waals surface area contributed by atoms with E-state index in [1.54, 1.807) is 18.0 Å². The fourth-order valence-electron chi connectivity index (χ4n) is 3.96. The molecule has 2 aromatic carbocycles. The number of fused-ring (bicyclic) bond motifs is 2. The van der Waals surface area contributed by atoms with Crippen molar-refractivity contribution in [2.24, 2.45) is 0 Å². The predicted octanol–water partition coefficient (Wildman–Crippen LogP) is 4.17. The van der Waals surface area contributed by atoms with Gasteiger partial charge in [0.2, 0.25) is 0 Å². The lowest BCUT2D eigenvalue weighted by atomic mass is 9.87. The molecule has 0 bridgehead atoms. The van der Waals surface area contributed by atoms with Gasteiger partial charge in [0.05, 0.1) is 6.04 Å². The second-order valence-corrected chi connectivity index (χ2v) is 7.46. The van der Waals surface area contributed by atoms with Gasteiger partial charge in [-0.25, -0.2) is 4.79 Å². The molecule has 5 nitrogen and oxygen atoms in total. The highest BCUT2D eigenvalue weighted by Crippen LogP contribution is 2.33. The van der Waals surface area contributed by atoms with Crippen molar-refractivity contribution in [2.45, 2.75) is 32.2 Å². The number of ether oxygens (including phenoxy) is 1. The molecule has 1 amide bonds. The topological polar surface area (TPSA) is 62.4 Å². The molecule has 1 aliphatic carbocycles. The zero-order valence-corrected chi connectivity index (χ0v) is 16.2. The van der Waals surface area contributed by atoms with Crippen LogP contribution in [0.3, 0.4) is 0 Å². The van der Waals surface area contributed by atoms with Gasteiger partial charge in [0.15, 0.2) is 6.61 Å². The number of amides is 1. The van der Waals surface area contributed by atoms with Crippen LogP contribution in [0.1, 0.15) is 46.1 Å². The van der Waals surface area contributed by atoms with E-state index in [-0.39, 0.29) is 18.6 Å². The van der Waals surface area contributed by atoms with Gasteiger partial charge in [-0.2, -0.15) is 0 Å². The largest absolute Gasteiger partial charge is 0.451 e. The molecule has 5 heteroatoms. The lowest BCUT2D eigenvalue weighted by molar-refractivity contribution is -0.135. The summed E-state index contributed by atoms with van der Waals surface area (Å²) in [5, 5.41) is 0.944. The summed E-state index contributed by atoms with van der Waals surface area (Å²) in [6, 6.07) is 16.0. The summed E-state index contributed by atoms with van der Waals surface area (Å²) in [5.74, 6) is -0.707. The van der Waals surface area contributed by atoms with Gasteiger partial charge in [-0.1, -0.05) is 36.4 Å². The quantitative estimate of drug-likeness (QED) is 0.695. The van der Waals surface area contributed by atoms with Crippen LogP contribution in [0.25, 0.3) is 10.9 Å². The van der Waals surface area contributed by atoms with Gasteiger partial charge in [0.1, 0.15) is 5.69 Å². The minimum absolute atomic E-state index is 0.0344. The summed E-state index contributed by atoms with van der Waals surface area (Å²) in [7, 11) is 1.79. The Kier molecular flexibility index (Phi) is 4.90. The lowest BCUT2D eigenvalue weighted by Crippen LogP contribution is -2.36. The Labute approximate surface area is 164 Å². The van der Waals surface area contributed by atoms with Crippen molar-refractivity contribution < 1.29 is 14.3 Å². The normalized spacial score (nSPS) is 15.9. The third-order valence-electron chi connectivity index (χ3n) is 5.52. The molecule has 3 aromatic rings. The molecule has 1 heterocycles. The second-order valence-electron chi connectivity index (χ2n) is 7.46. The van der Waals surface area contributed by atoms with E-state index in [2.05, 4.69) is 17.1 Å². The monoisotopic (exact) mass is 376 g/mol. The smallest absolute Gasteiger partial charge is 0.355 e. The Hall–Kier alpha value is -3.08. The molecule has 1 N–H and O–H groups in total. The molecule has 0 unspecified atom stereocenters. The molecule has 0 fully saturated rings. The molecule has 144 valence electrons. The number of hydrogen-bond acceptors (Lipinski definition) is 3. The summed E-state index contributed by atoms with van der Waals surface area (Å²) >= 11 is 0. The van der Waals surface area contributed by atoms with E-state index in [1.807, 2.05) is 37.3 Å². The van der Waals surface area contributed by atoms with Crippen LogP contribution in [0, 0.1) is 6.92 Å². The number of esters is 1. The number of aromatic nitrogens is 1. The Balaban J connectivity index is 1.41. The van der Waals surface area contributed by atoms with Crippen molar-refractivity contribution in [3.05, 3.63) is 70.9 Å². The first-order valence-corrected chi connectivity index (χ1v) is 9.63. The van der Waals surface area contributed by atoms with Crippen LogP contribution in [0.4, 0.5) is 0 Å². The standard InChI is InChI=1S/C23H24N2O3/c1-15-10-11-17-13-20(24-19(17)12-15)23(27)28-14-22(26)25(2)21-9-5-7-16-6-3-4-8-18(16)21/h3-4,6,8,10-13,21,24H,5,7,9,14H2,1-2H3/t21-/m0/s1. The summed E-state index contributed by atoms with van der Waals surface area (Å²) in [6.45, 7) is 1.73.